The van der Waals surface area contributed by atoms with Gasteiger partial charge in [-0.15, -0.1) is 0 Å². The first-order valence-corrected chi connectivity index (χ1v) is 11.3. The number of anilines is 1. The van der Waals surface area contributed by atoms with Gasteiger partial charge in [-0.3, -0.25) is 9.78 Å². The number of halogens is 2. The molecule has 1 aromatic carbocycles. The number of nitrogens with one attached hydrogen (secondary N) is 3. The van der Waals surface area contributed by atoms with Crippen LogP contribution < -0.4 is 20.7 Å². The van der Waals surface area contributed by atoms with Crippen LogP contribution in [0.3, 0.4) is 0 Å². The molecule has 34 heavy (non-hydrogen) atoms. The lowest BCUT2D eigenvalue weighted by atomic mass is 9.95. The molecule has 0 radical (unpaired) electrons. The van der Waals surface area contributed by atoms with E-state index >= 15 is 0 Å². The molecular formula is C24H30F2N6O2. The molecule has 3 heterocycles. The van der Waals surface area contributed by atoms with Gasteiger partial charge in [-0.25, -0.2) is 18.7 Å². The first-order valence-electron chi connectivity index (χ1n) is 11.3. The summed E-state index contributed by atoms with van der Waals surface area (Å²) in [6.07, 6.45) is 2.94. The molecule has 8 nitrogen and oxygen atoms in total. The van der Waals surface area contributed by atoms with Crippen molar-refractivity contribution in [3.8, 4) is 17.0 Å². The average Bonchev–Trinajstić information content (AvgIpc) is 2.87. The van der Waals surface area contributed by atoms with E-state index < -0.39 is 11.8 Å². The fraction of sp³-hybridized carbons (Fsp3) is 0.417. The van der Waals surface area contributed by atoms with Crippen molar-refractivity contribution >= 4 is 22.8 Å². The first-order chi connectivity index (χ1) is 16.5. The van der Waals surface area contributed by atoms with Gasteiger partial charge in [-0.05, 0) is 30.3 Å². The van der Waals surface area contributed by atoms with E-state index in [0.29, 0.717) is 34.8 Å². The normalized spacial score (nSPS) is 16.8. The summed E-state index contributed by atoms with van der Waals surface area (Å²) in [5.41, 5.74) is 2.53. The number of alkyl halides is 2. The van der Waals surface area contributed by atoms with Crippen LogP contribution in [0.1, 0.15) is 20.3 Å². The number of likely N-dealkylation sites (N-methyl/N-ethyl adjacent to an activating group) is 1. The molecular weight excluding hydrogens is 442 g/mol. The highest BCUT2D eigenvalue weighted by Gasteiger charge is 2.41. The summed E-state index contributed by atoms with van der Waals surface area (Å²) in [5, 5.41) is 8.58. The van der Waals surface area contributed by atoms with Crippen LogP contribution in [-0.4, -0.2) is 60.1 Å². The van der Waals surface area contributed by atoms with E-state index in [1.54, 1.807) is 37.6 Å². The van der Waals surface area contributed by atoms with Crippen molar-refractivity contribution in [2.45, 2.75) is 26.2 Å². The highest BCUT2D eigenvalue weighted by molar-refractivity contribution is 5.88. The number of piperidine rings is 1. The first kappa shape index (κ1) is 25.2. The second-order valence-corrected chi connectivity index (χ2v) is 7.56. The minimum atomic E-state index is -2.73. The number of carbonyl (C=O) groups excluding carboxylic acids is 1. The zero-order valence-electron chi connectivity index (χ0n) is 19.6. The second-order valence-electron chi connectivity index (χ2n) is 7.56. The summed E-state index contributed by atoms with van der Waals surface area (Å²) in [7, 11) is 1.54. The highest BCUT2D eigenvalue weighted by atomic mass is 19.3. The molecule has 2 aromatic heterocycles. The van der Waals surface area contributed by atoms with Gasteiger partial charge in [0.15, 0.2) is 12.4 Å². The predicted molar refractivity (Wildman–Crippen MR) is 128 cm³/mol. The summed E-state index contributed by atoms with van der Waals surface area (Å²) in [4.78, 5) is 24.7. The van der Waals surface area contributed by atoms with E-state index in [0.717, 1.165) is 5.56 Å². The van der Waals surface area contributed by atoms with Crippen molar-refractivity contribution in [3.63, 3.8) is 0 Å². The van der Waals surface area contributed by atoms with E-state index in [-0.39, 0.29) is 32.0 Å². The molecule has 1 fully saturated rings. The number of aromatic nitrogens is 3. The van der Waals surface area contributed by atoms with Crippen LogP contribution in [0.5, 0.6) is 5.75 Å². The number of hydrogen-bond acceptors (Lipinski definition) is 7. The fourth-order valence-corrected chi connectivity index (χ4v) is 3.51. The van der Waals surface area contributed by atoms with Gasteiger partial charge >= 0.3 is 0 Å². The maximum absolute atomic E-state index is 14.2. The standard InChI is InChI=1S/C22H24F2N6O2.C2H6/c1-25-19(31)13-32-16-4-2-14(3-5-16)17-10-18-20(28-9-8-27-18)21(30-17)29-12-15-11-26-7-6-22(15,23)24;1-2/h2-5,8-10,15,26H,6-7,11-13H2,1H3,(H,25,31)(H,29,30);1-2H3. The molecule has 1 unspecified atom stereocenters. The number of amides is 1. The molecule has 1 atom stereocenters. The topological polar surface area (TPSA) is 101 Å². The molecule has 182 valence electrons. The van der Waals surface area contributed by atoms with Crippen molar-refractivity contribution in [3.05, 3.63) is 42.7 Å². The minimum absolute atomic E-state index is 0.0639. The Morgan fingerprint density at radius 2 is 1.94 bits per heavy atom. The van der Waals surface area contributed by atoms with Gasteiger partial charge in [0.1, 0.15) is 11.3 Å². The number of rotatable bonds is 7. The third-order valence-electron chi connectivity index (χ3n) is 5.39. The van der Waals surface area contributed by atoms with Gasteiger partial charge in [0.2, 0.25) is 0 Å². The summed E-state index contributed by atoms with van der Waals surface area (Å²) < 4.78 is 33.9. The molecule has 0 aliphatic carbocycles. The zero-order chi connectivity index (χ0) is 24.6. The Morgan fingerprint density at radius 3 is 2.65 bits per heavy atom. The van der Waals surface area contributed by atoms with Crippen LogP contribution in [0.15, 0.2) is 42.7 Å². The number of fused-ring (bicyclic) bond motifs is 1. The van der Waals surface area contributed by atoms with Gasteiger partial charge in [0.25, 0.3) is 11.8 Å². The van der Waals surface area contributed by atoms with Crippen molar-refractivity contribution in [2.24, 2.45) is 5.92 Å². The lowest BCUT2D eigenvalue weighted by Crippen LogP contribution is -2.47. The van der Waals surface area contributed by atoms with Crippen LogP contribution in [0.4, 0.5) is 14.6 Å². The monoisotopic (exact) mass is 472 g/mol. The largest absolute Gasteiger partial charge is 0.484 e. The van der Waals surface area contributed by atoms with Gasteiger partial charge < -0.3 is 20.7 Å². The molecule has 3 N–H and O–H groups in total. The molecule has 10 heteroatoms. The van der Waals surface area contributed by atoms with E-state index in [2.05, 4.69) is 30.9 Å². The Bertz CT molecular complexity index is 1090. The lowest BCUT2D eigenvalue weighted by Gasteiger charge is -2.32. The van der Waals surface area contributed by atoms with Gasteiger partial charge in [-0.1, -0.05) is 13.8 Å². The molecule has 4 rings (SSSR count). The predicted octanol–water partition coefficient (Wildman–Crippen LogP) is 3.50. The maximum Gasteiger partial charge on any atom is 0.257 e. The van der Waals surface area contributed by atoms with E-state index in [9.17, 15) is 13.6 Å². The highest BCUT2D eigenvalue weighted by Crippen LogP contribution is 2.32. The summed E-state index contributed by atoms with van der Waals surface area (Å²) in [6, 6.07) is 8.90. The van der Waals surface area contributed by atoms with Crippen LogP contribution in [-0.2, 0) is 4.79 Å². The van der Waals surface area contributed by atoms with Crippen molar-refractivity contribution in [1.29, 1.82) is 0 Å². The summed E-state index contributed by atoms with van der Waals surface area (Å²) in [5.74, 6) is -2.85. The SMILES string of the molecule is CC.CNC(=O)COc1ccc(-c2cc3nccnc3c(NCC3CNCCC3(F)F)n2)cc1. The Morgan fingerprint density at radius 1 is 1.21 bits per heavy atom. The number of carbonyl (C=O) groups is 1. The minimum Gasteiger partial charge on any atom is -0.484 e. The summed E-state index contributed by atoms with van der Waals surface area (Å²) in [6.45, 7) is 4.54. The Labute approximate surface area is 197 Å². The molecule has 0 saturated carbocycles. The average molecular weight is 473 g/mol. The second kappa shape index (κ2) is 11.6. The van der Waals surface area contributed by atoms with E-state index in [1.807, 2.05) is 26.0 Å². The van der Waals surface area contributed by atoms with E-state index in [4.69, 9.17) is 4.74 Å². The van der Waals surface area contributed by atoms with Crippen LogP contribution >= 0.6 is 0 Å². The van der Waals surface area contributed by atoms with Crippen LogP contribution in [0.25, 0.3) is 22.3 Å². The smallest absolute Gasteiger partial charge is 0.257 e. The quantitative estimate of drug-likeness (QED) is 0.484. The van der Waals surface area contributed by atoms with Gasteiger partial charge in [-0.2, -0.15) is 0 Å². The molecule has 1 aliphatic rings. The van der Waals surface area contributed by atoms with E-state index in [1.165, 1.54) is 0 Å². The number of nitrogens with zero attached hydrogens (tertiary/aromatic N) is 3. The Kier molecular flexibility index (Phi) is 8.64. The number of hydrogen-bond donors (Lipinski definition) is 3. The molecule has 1 aliphatic heterocycles. The summed E-state index contributed by atoms with van der Waals surface area (Å²) >= 11 is 0. The lowest BCUT2D eigenvalue weighted by molar-refractivity contribution is -0.122. The van der Waals surface area contributed by atoms with Crippen LogP contribution in [0.2, 0.25) is 0 Å². The number of benzene rings is 1. The number of ether oxygens (including phenoxy) is 1. The number of pyridine rings is 1. The Balaban J connectivity index is 0.00000158. The third-order valence-corrected chi connectivity index (χ3v) is 5.39. The molecule has 1 amide bonds. The van der Waals surface area contributed by atoms with Gasteiger partial charge in [0, 0.05) is 51.1 Å². The maximum atomic E-state index is 14.2. The van der Waals surface area contributed by atoms with Crippen LogP contribution in [0, 0.1) is 5.92 Å². The molecule has 1 saturated heterocycles. The van der Waals surface area contributed by atoms with Gasteiger partial charge in [0.05, 0.1) is 17.1 Å². The van der Waals surface area contributed by atoms with Crippen molar-refractivity contribution in [2.75, 3.05) is 38.6 Å². The Hall–Kier alpha value is -3.40. The third kappa shape index (κ3) is 6.13. The zero-order valence-corrected chi connectivity index (χ0v) is 19.6. The fourth-order valence-electron chi connectivity index (χ4n) is 3.51. The van der Waals surface area contributed by atoms with Crippen molar-refractivity contribution in [1.82, 2.24) is 25.6 Å². The molecule has 3 aromatic rings. The molecule has 0 spiro atoms. The van der Waals surface area contributed by atoms with Crippen molar-refractivity contribution < 1.29 is 18.3 Å². The molecule has 0 bridgehead atoms.